The van der Waals surface area contributed by atoms with Crippen LogP contribution in [0, 0.1) is 15.5 Å². The molecule has 2 aromatic heterocycles. The number of nitro groups is 1. The maximum atomic E-state index is 12.1. The molecule has 46 heavy (non-hydrogen) atoms. The van der Waals surface area contributed by atoms with Crippen molar-refractivity contribution in [1.29, 1.82) is 0 Å². The van der Waals surface area contributed by atoms with Gasteiger partial charge in [0, 0.05) is 24.2 Å². The van der Waals surface area contributed by atoms with Gasteiger partial charge in [0.1, 0.15) is 30.1 Å². The van der Waals surface area contributed by atoms with Crippen molar-refractivity contribution in [1.82, 2.24) is 14.5 Å². The Morgan fingerprint density at radius 1 is 1.13 bits per heavy atom. The van der Waals surface area contributed by atoms with E-state index in [9.17, 15) is 38.7 Å². The van der Waals surface area contributed by atoms with Gasteiger partial charge in [-0.3, -0.25) is 14.6 Å². The number of ether oxygens (including phenoxy) is 2. The van der Waals surface area contributed by atoms with E-state index in [4.69, 9.17) is 25.0 Å². The van der Waals surface area contributed by atoms with Crippen LogP contribution >= 0.6 is 23.5 Å². The van der Waals surface area contributed by atoms with Gasteiger partial charge in [0.15, 0.2) is 0 Å². The molecule has 20 nitrogen and oxygen atoms in total. The largest absolute Gasteiger partial charge is 0.490 e. The average molecular weight is 711 g/mol. The van der Waals surface area contributed by atoms with Crippen molar-refractivity contribution in [3.63, 3.8) is 0 Å². The molecule has 0 spiro atoms. The zero-order valence-corrected chi connectivity index (χ0v) is 27.1. The Morgan fingerprint density at radius 2 is 1.80 bits per heavy atom. The van der Waals surface area contributed by atoms with Crippen molar-refractivity contribution >= 4 is 46.0 Å². The molecule has 1 aliphatic heterocycles. The first-order valence-electron chi connectivity index (χ1n) is 13.2. The van der Waals surface area contributed by atoms with E-state index in [1.165, 1.54) is 17.0 Å². The van der Waals surface area contributed by atoms with Crippen LogP contribution in [0.3, 0.4) is 0 Å². The highest BCUT2D eigenvalue weighted by molar-refractivity contribution is 7.66. The average Bonchev–Trinajstić information content (AvgIpc) is 3.45. The van der Waals surface area contributed by atoms with Gasteiger partial charge in [-0.05, 0) is 11.5 Å². The second-order valence-electron chi connectivity index (χ2n) is 11.2. The molecule has 0 amide bonds. The second-order valence-corrected chi connectivity index (χ2v) is 15.6. The SMILES string of the molecule is CC(C)(C)[C@H](OCc1cn([C@H]2C[C@@H](O)[C@@H](COP(=O)(O)OP(=O)(O)OP(=O)(O)O)O2)c2ncnc(N)c12)c1ccccc1[N+](=O)[O-]. The topological polar surface area (TPSA) is 298 Å². The van der Waals surface area contributed by atoms with E-state index in [1.54, 1.807) is 24.4 Å². The molecule has 23 heteroatoms. The minimum atomic E-state index is -5.73. The first-order chi connectivity index (χ1) is 21.2. The number of hydrogen-bond donors (Lipinski definition) is 6. The lowest BCUT2D eigenvalue weighted by Gasteiger charge is -2.30. The Balaban J connectivity index is 1.54. The van der Waals surface area contributed by atoms with Crippen LogP contribution in [0.1, 0.15) is 50.7 Å². The van der Waals surface area contributed by atoms with Crippen LogP contribution in [0.4, 0.5) is 11.5 Å². The van der Waals surface area contributed by atoms with E-state index >= 15 is 0 Å². The molecule has 254 valence electrons. The lowest BCUT2D eigenvalue weighted by molar-refractivity contribution is -0.386. The van der Waals surface area contributed by atoms with E-state index < -0.39 is 65.0 Å². The van der Waals surface area contributed by atoms with Crippen LogP contribution < -0.4 is 5.73 Å². The number of rotatable bonds is 13. The normalized spacial score (nSPS) is 22.4. The molecule has 3 aromatic rings. The van der Waals surface area contributed by atoms with Crippen molar-refractivity contribution in [2.45, 2.75) is 58.3 Å². The summed E-state index contributed by atoms with van der Waals surface area (Å²) in [6.07, 6.45) is -1.61. The Kier molecular flexibility index (Phi) is 10.6. The van der Waals surface area contributed by atoms with Gasteiger partial charge in [0.2, 0.25) is 0 Å². The van der Waals surface area contributed by atoms with Crippen molar-refractivity contribution in [3.05, 3.63) is 58.0 Å². The molecule has 6 atom stereocenters. The Bertz CT molecular complexity index is 1740. The van der Waals surface area contributed by atoms with Crippen LogP contribution in [0.2, 0.25) is 0 Å². The molecule has 7 N–H and O–H groups in total. The summed E-state index contributed by atoms with van der Waals surface area (Å²) < 4.78 is 60.1. The van der Waals surface area contributed by atoms with E-state index in [0.717, 1.165) is 0 Å². The molecule has 1 aliphatic rings. The number of nitrogens with two attached hydrogens (primary N) is 1. The molecule has 3 heterocycles. The molecule has 1 fully saturated rings. The standard InChI is InChI=1S/C23H32N5O15P3/c1-23(2,3)20(14-6-4-5-7-15(14)28(30)31)39-10-13-9-27(22-19(13)21(24)25-12-26-22)18-8-16(29)17(41-18)11-40-45(35,36)43-46(37,38)42-44(32,33)34/h4-7,9,12,16-18,20,29H,8,10-11H2,1-3H3,(H,35,36)(H,37,38)(H2,24,25,26)(H2,32,33,34)/t16-,17-,18-,20-/m1/s1. The summed E-state index contributed by atoms with van der Waals surface area (Å²) in [7, 11) is -16.8. The van der Waals surface area contributed by atoms with Crippen molar-refractivity contribution < 1.29 is 65.9 Å². The van der Waals surface area contributed by atoms with Gasteiger partial charge < -0.3 is 44.5 Å². The predicted octanol–water partition coefficient (Wildman–Crippen LogP) is 3.22. The maximum Gasteiger partial charge on any atom is 0.490 e. The van der Waals surface area contributed by atoms with E-state index in [0.29, 0.717) is 16.5 Å². The number of nitrogen functional groups attached to an aromatic ring is 1. The summed E-state index contributed by atoms with van der Waals surface area (Å²) in [6, 6.07) is 6.23. The highest BCUT2D eigenvalue weighted by atomic mass is 31.3. The maximum absolute atomic E-state index is 12.1. The third-order valence-corrected chi connectivity index (χ3v) is 10.5. The van der Waals surface area contributed by atoms with E-state index in [2.05, 4.69) is 23.1 Å². The smallest absolute Gasteiger partial charge is 0.390 e. The van der Waals surface area contributed by atoms with Crippen LogP contribution in [0.15, 0.2) is 36.8 Å². The lowest BCUT2D eigenvalue weighted by atomic mass is 9.84. The van der Waals surface area contributed by atoms with Crippen LogP contribution in [-0.4, -0.2) is 63.0 Å². The molecule has 1 aromatic carbocycles. The molecule has 0 aliphatic carbocycles. The summed E-state index contributed by atoms with van der Waals surface area (Å²) in [6.45, 7) is 4.64. The quantitative estimate of drug-likeness (QED) is 0.0842. The van der Waals surface area contributed by atoms with Gasteiger partial charge in [0.05, 0.1) is 41.3 Å². The van der Waals surface area contributed by atoms with Crippen molar-refractivity contribution in [2.75, 3.05) is 12.3 Å². The number of hydrogen-bond acceptors (Lipinski definition) is 14. The first kappa shape index (κ1) is 36.2. The fourth-order valence-electron chi connectivity index (χ4n) is 4.88. The molecular formula is C23H32N5O15P3. The lowest BCUT2D eigenvalue weighted by Crippen LogP contribution is -2.26. The summed E-state index contributed by atoms with van der Waals surface area (Å²) in [5.74, 6) is 0.0862. The number of phosphoric acid groups is 3. The number of phosphoric ester groups is 1. The summed E-state index contributed by atoms with van der Waals surface area (Å²) in [5, 5.41) is 22.7. The number of fused-ring (bicyclic) bond motifs is 1. The van der Waals surface area contributed by atoms with Gasteiger partial charge in [-0.25, -0.2) is 23.7 Å². The number of nitrogens with zero attached hydrogens (tertiary/aromatic N) is 4. The summed E-state index contributed by atoms with van der Waals surface area (Å²) >= 11 is 0. The number of para-hydroxylation sites is 1. The molecule has 2 unspecified atom stereocenters. The van der Waals surface area contributed by atoms with Gasteiger partial charge in [-0.15, -0.1) is 0 Å². The molecule has 1 saturated heterocycles. The van der Waals surface area contributed by atoms with Gasteiger partial charge in [0.25, 0.3) is 5.69 Å². The summed E-state index contributed by atoms with van der Waals surface area (Å²) in [5.41, 5.74) is 6.61. The Morgan fingerprint density at radius 3 is 2.43 bits per heavy atom. The number of benzene rings is 1. The van der Waals surface area contributed by atoms with E-state index in [-0.39, 0.29) is 30.2 Å². The number of aromatic nitrogens is 3. The third kappa shape index (κ3) is 8.81. The van der Waals surface area contributed by atoms with Crippen molar-refractivity contribution in [2.24, 2.45) is 5.41 Å². The predicted molar refractivity (Wildman–Crippen MR) is 156 cm³/mol. The van der Waals surface area contributed by atoms with Gasteiger partial charge in [-0.1, -0.05) is 32.9 Å². The number of anilines is 1. The molecule has 0 bridgehead atoms. The Labute approximate surface area is 260 Å². The fourth-order valence-corrected chi connectivity index (χ4v) is 7.91. The van der Waals surface area contributed by atoms with Crippen LogP contribution in [-0.2, 0) is 42.9 Å². The number of nitro benzene ring substituents is 1. The zero-order valence-electron chi connectivity index (χ0n) is 24.4. The zero-order chi connectivity index (χ0) is 34.2. The monoisotopic (exact) mass is 711 g/mol. The molecule has 0 saturated carbocycles. The van der Waals surface area contributed by atoms with Crippen LogP contribution in [0.5, 0.6) is 0 Å². The fraction of sp³-hybridized carbons (Fsp3) is 0.478. The second kappa shape index (κ2) is 13.4. The third-order valence-electron chi connectivity index (χ3n) is 6.66. The van der Waals surface area contributed by atoms with E-state index in [1.807, 2.05) is 20.8 Å². The first-order valence-corrected chi connectivity index (χ1v) is 17.8. The Hall–Kier alpha value is -2.67. The van der Waals surface area contributed by atoms with Crippen LogP contribution in [0.25, 0.3) is 11.0 Å². The highest BCUT2D eigenvalue weighted by Gasteiger charge is 2.43. The van der Waals surface area contributed by atoms with Crippen molar-refractivity contribution in [3.8, 4) is 0 Å². The number of aliphatic hydroxyl groups excluding tert-OH is 1. The highest BCUT2D eigenvalue weighted by Crippen LogP contribution is 2.66. The minimum Gasteiger partial charge on any atom is -0.390 e. The molecule has 4 rings (SSSR count). The molecular weight excluding hydrogens is 679 g/mol. The molecule has 0 radical (unpaired) electrons. The number of aliphatic hydroxyl groups is 1. The minimum absolute atomic E-state index is 0.0862. The van der Waals surface area contributed by atoms with Gasteiger partial charge >= 0.3 is 23.5 Å². The van der Waals surface area contributed by atoms with Gasteiger partial charge in [-0.2, -0.15) is 8.62 Å². The summed E-state index contributed by atoms with van der Waals surface area (Å²) in [4.78, 5) is 56.0.